The van der Waals surface area contributed by atoms with Crippen molar-refractivity contribution in [2.45, 2.75) is 24.2 Å². The molecule has 1 saturated heterocycles. The number of ether oxygens (including phenoxy) is 2. The highest BCUT2D eigenvalue weighted by atomic mass is 19.4. The second-order valence-electron chi connectivity index (χ2n) is 6.17. The predicted molar refractivity (Wildman–Crippen MR) is 90.9 cm³/mol. The molecule has 146 valence electrons. The Balaban J connectivity index is 2.09. The molecule has 2 aromatic carbocycles. The first-order chi connectivity index (χ1) is 12.8. The van der Waals surface area contributed by atoms with Crippen molar-refractivity contribution in [1.82, 2.24) is 10.9 Å². The number of methoxy groups -OCH3 is 2. The van der Waals surface area contributed by atoms with E-state index in [0.717, 1.165) is 6.07 Å². The van der Waals surface area contributed by atoms with Gasteiger partial charge in [0.25, 0.3) is 0 Å². The number of halogens is 3. The molecule has 0 aliphatic carbocycles. The van der Waals surface area contributed by atoms with Crippen LogP contribution < -0.4 is 20.3 Å². The average Bonchev–Trinajstić information content (AvgIpc) is 3.06. The molecular formula is C18H19F3N2O4. The third kappa shape index (κ3) is 3.60. The van der Waals surface area contributed by atoms with Crippen LogP contribution in [-0.2, 0) is 0 Å². The van der Waals surface area contributed by atoms with Crippen LogP contribution in [-0.4, -0.2) is 36.7 Å². The zero-order valence-corrected chi connectivity index (χ0v) is 14.5. The van der Waals surface area contributed by atoms with E-state index in [1.165, 1.54) is 44.6 Å². The highest BCUT2D eigenvalue weighted by Crippen LogP contribution is 2.46. The van der Waals surface area contributed by atoms with Gasteiger partial charge in [-0.3, -0.25) is 0 Å². The summed E-state index contributed by atoms with van der Waals surface area (Å²) in [6, 6.07) is 5.55. The van der Waals surface area contributed by atoms with Crippen molar-refractivity contribution in [3.63, 3.8) is 0 Å². The maximum Gasteiger partial charge on any atom is 0.405 e. The summed E-state index contributed by atoms with van der Waals surface area (Å²) < 4.78 is 51.2. The van der Waals surface area contributed by atoms with E-state index in [4.69, 9.17) is 9.47 Å². The van der Waals surface area contributed by atoms with Crippen LogP contribution in [0.4, 0.5) is 13.2 Å². The molecular weight excluding hydrogens is 365 g/mol. The van der Waals surface area contributed by atoms with Gasteiger partial charge < -0.3 is 19.7 Å². The van der Waals surface area contributed by atoms with Crippen molar-refractivity contribution in [1.29, 1.82) is 0 Å². The Bertz CT molecular complexity index is 829. The lowest BCUT2D eigenvalue weighted by molar-refractivity contribution is -0.156. The predicted octanol–water partition coefficient (Wildman–Crippen LogP) is 2.98. The van der Waals surface area contributed by atoms with E-state index in [9.17, 15) is 23.4 Å². The molecule has 1 aliphatic heterocycles. The Morgan fingerprint density at radius 1 is 0.926 bits per heavy atom. The molecule has 3 atom stereocenters. The first kappa shape index (κ1) is 19.1. The van der Waals surface area contributed by atoms with Gasteiger partial charge in [0, 0.05) is 17.5 Å². The minimum Gasteiger partial charge on any atom is -0.508 e. The average molecular weight is 384 g/mol. The molecule has 27 heavy (non-hydrogen) atoms. The Hall–Kier alpha value is -2.65. The van der Waals surface area contributed by atoms with E-state index in [0.29, 0.717) is 17.1 Å². The van der Waals surface area contributed by atoms with Gasteiger partial charge in [-0.1, -0.05) is 12.1 Å². The zero-order chi connectivity index (χ0) is 19.8. The van der Waals surface area contributed by atoms with E-state index in [-0.39, 0.29) is 17.1 Å². The van der Waals surface area contributed by atoms with Crippen LogP contribution in [0, 0.1) is 0 Å². The number of phenolic OH excluding ortho intramolecular Hbond substituents is 2. The van der Waals surface area contributed by atoms with Crippen LogP contribution in [0.5, 0.6) is 23.0 Å². The molecule has 2 aromatic rings. The summed E-state index contributed by atoms with van der Waals surface area (Å²) in [4.78, 5) is 0. The third-order valence-corrected chi connectivity index (χ3v) is 4.61. The number of nitrogens with one attached hydrogen (secondary N) is 2. The molecule has 0 aromatic heterocycles. The van der Waals surface area contributed by atoms with Crippen molar-refractivity contribution in [3.05, 3.63) is 47.5 Å². The van der Waals surface area contributed by atoms with Crippen molar-refractivity contribution in [3.8, 4) is 23.0 Å². The summed E-state index contributed by atoms with van der Waals surface area (Å²) in [5.41, 5.74) is 5.48. The standard InChI is InChI=1S/C18H19F3N2O4/c1-26-13-6-3-9(7-14(13)27-2)15-16(22-23-17(15)18(19,20)21)11-5-4-10(24)8-12(11)25/h3-8,15-17,22-25H,1-2H3. The first-order valence-electron chi connectivity index (χ1n) is 8.08. The van der Waals surface area contributed by atoms with Crippen LogP contribution in [0.3, 0.4) is 0 Å². The number of benzene rings is 2. The molecule has 4 N–H and O–H groups in total. The van der Waals surface area contributed by atoms with Crippen molar-refractivity contribution in [2.24, 2.45) is 0 Å². The molecule has 9 heteroatoms. The normalized spacial score (nSPS) is 22.6. The van der Waals surface area contributed by atoms with Crippen LogP contribution in [0.15, 0.2) is 36.4 Å². The summed E-state index contributed by atoms with van der Waals surface area (Å²) in [6.45, 7) is 0. The lowest BCUT2D eigenvalue weighted by Gasteiger charge is -2.26. The fourth-order valence-corrected chi connectivity index (χ4v) is 3.35. The molecule has 3 rings (SSSR count). The van der Waals surface area contributed by atoms with Crippen LogP contribution in [0.25, 0.3) is 0 Å². The monoisotopic (exact) mass is 384 g/mol. The van der Waals surface area contributed by atoms with Gasteiger partial charge >= 0.3 is 6.18 Å². The Morgan fingerprint density at radius 3 is 2.22 bits per heavy atom. The maximum absolute atomic E-state index is 13.6. The lowest BCUT2D eigenvalue weighted by Crippen LogP contribution is -2.43. The topological polar surface area (TPSA) is 83.0 Å². The van der Waals surface area contributed by atoms with Gasteiger partial charge in [-0.15, -0.1) is 0 Å². The summed E-state index contributed by atoms with van der Waals surface area (Å²) in [5, 5.41) is 19.6. The second kappa shape index (κ2) is 7.16. The molecule has 1 aliphatic rings. The molecule has 3 unspecified atom stereocenters. The smallest absolute Gasteiger partial charge is 0.405 e. The molecule has 6 nitrogen and oxygen atoms in total. The molecule has 0 spiro atoms. The van der Waals surface area contributed by atoms with E-state index >= 15 is 0 Å². The number of phenols is 2. The fourth-order valence-electron chi connectivity index (χ4n) is 3.35. The second-order valence-corrected chi connectivity index (χ2v) is 6.17. The van der Waals surface area contributed by atoms with Crippen molar-refractivity contribution >= 4 is 0 Å². The van der Waals surface area contributed by atoms with E-state index in [2.05, 4.69) is 10.9 Å². The zero-order valence-electron chi connectivity index (χ0n) is 14.5. The van der Waals surface area contributed by atoms with Gasteiger partial charge in [-0.05, 0) is 23.8 Å². The number of rotatable bonds is 4. The molecule has 0 radical (unpaired) electrons. The highest BCUT2D eigenvalue weighted by molar-refractivity contribution is 5.48. The van der Waals surface area contributed by atoms with Gasteiger partial charge in [0.2, 0.25) is 0 Å². The maximum atomic E-state index is 13.6. The van der Waals surface area contributed by atoms with Gasteiger partial charge in [0.05, 0.1) is 20.3 Å². The number of hydrazine groups is 1. The largest absolute Gasteiger partial charge is 0.508 e. The molecule has 0 bridgehead atoms. The Kier molecular flexibility index (Phi) is 5.07. The van der Waals surface area contributed by atoms with Gasteiger partial charge in [-0.2, -0.15) is 13.2 Å². The summed E-state index contributed by atoms with van der Waals surface area (Å²) >= 11 is 0. The lowest BCUT2D eigenvalue weighted by atomic mass is 9.83. The fraction of sp³-hybridized carbons (Fsp3) is 0.333. The number of hydrogen-bond acceptors (Lipinski definition) is 6. The highest BCUT2D eigenvalue weighted by Gasteiger charge is 2.52. The number of aromatic hydroxyl groups is 2. The number of alkyl halides is 3. The molecule has 1 heterocycles. The minimum absolute atomic E-state index is 0.183. The van der Waals surface area contributed by atoms with Gasteiger partial charge in [-0.25, -0.2) is 10.9 Å². The first-order valence-corrected chi connectivity index (χ1v) is 8.08. The SMILES string of the molecule is COc1ccc(C2C(c3ccc(O)cc3O)NNC2C(F)(F)F)cc1OC. The number of hydrogen-bond donors (Lipinski definition) is 4. The quantitative estimate of drug-likeness (QED) is 0.649. The van der Waals surface area contributed by atoms with Gasteiger partial charge in [0.15, 0.2) is 11.5 Å². The van der Waals surface area contributed by atoms with Crippen LogP contribution in [0.2, 0.25) is 0 Å². The van der Waals surface area contributed by atoms with Crippen molar-refractivity contribution in [2.75, 3.05) is 14.2 Å². The van der Waals surface area contributed by atoms with Crippen molar-refractivity contribution < 1.29 is 32.9 Å². The molecule has 1 fully saturated rings. The van der Waals surface area contributed by atoms with Crippen LogP contribution >= 0.6 is 0 Å². The third-order valence-electron chi connectivity index (χ3n) is 4.61. The molecule has 0 amide bonds. The van der Waals surface area contributed by atoms with E-state index in [1.54, 1.807) is 0 Å². The van der Waals surface area contributed by atoms with E-state index < -0.39 is 24.2 Å². The van der Waals surface area contributed by atoms with Gasteiger partial charge in [0.1, 0.15) is 17.5 Å². The minimum atomic E-state index is -4.54. The van der Waals surface area contributed by atoms with E-state index in [1.807, 2.05) is 0 Å². The summed E-state index contributed by atoms with van der Waals surface area (Å²) in [5.74, 6) is -0.885. The summed E-state index contributed by atoms with van der Waals surface area (Å²) in [6.07, 6.45) is -4.54. The Morgan fingerprint density at radius 2 is 1.63 bits per heavy atom. The summed E-state index contributed by atoms with van der Waals surface area (Å²) in [7, 11) is 2.84. The molecule has 0 saturated carbocycles. The van der Waals surface area contributed by atoms with Crippen LogP contribution in [0.1, 0.15) is 23.1 Å². The Labute approximate surface area is 153 Å².